The zero-order valence-electron chi connectivity index (χ0n) is 9.84. The fourth-order valence-electron chi connectivity index (χ4n) is 1.99. The van der Waals surface area contributed by atoms with Crippen LogP contribution in [0.5, 0.6) is 5.75 Å². The minimum absolute atomic E-state index is 0.171. The van der Waals surface area contributed by atoms with Crippen LogP contribution in [0.3, 0.4) is 0 Å². The minimum Gasteiger partial charge on any atom is -0.508 e. The molecule has 3 rings (SSSR count). The Bertz CT molecular complexity index is 774. The van der Waals surface area contributed by atoms with E-state index in [4.69, 9.17) is 17.3 Å². The molecule has 0 aliphatic rings. The first-order valence-electron chi connectivity index (χ1n) is 5.66. The van der Waals surface area contributed by atoms with Crippen molar-refractivity contribution in [3.8, 4) is 17.0 Å². The molecule has 0 bridgehead atoms. The molecule has 0 unspecified atom stereocenters. The van der Waals surface area contributed by atoms with Gasteiger partial charge in [-0.25, -0.2) is 9.97 Å². The van der Waals surface area contributed by atoms with Crippen LogP contribution in [-0.4, -0.2) is 15.1 Å². The number of nitrogens with two attached hydrogens (primary N) is 1. The molecule has 0 aliphatic carbocycles. The number of aromatic hydroxyl groups is 1. The molecule has 0 aliphatic heterocycles. The number of benzene rings is 2. The first-order chi connectivity index (χ1) is 9.13. The van der Waals surface area contributed by atoms with Crippen molar-refractivity contribution in [1.82, 2.24) is 9.97 Å². The third-order valence-corrected chi connectivity index (χ3v) is 3.03. The molecule has 1 heterocycles. The highest BCUT2D eigenvalue weighted by molar-refractivity contribution is 6.31. The van der Waals surface area contributed by atoms with Gasteiger partial charge < -0.3 is 10.8 Å². The molecule has 0 radical (unpaired) electrons. The van der Waals surface area contributed by atoms with Crippen LogP contribution in [0.15, 0.2) is 42.5 Å². The summed E-state index contributed by atoms with van der Waals surface area (Å²) < 4.78 is 0. The molecule has 2 aromatic carbocycles. The molecule has 0 amide bonds. The summed E-state index contributed by atoms with van der Waals surface area (Å²) in [5.74, 6) is 0.359. The van der Waals surface area contributed by atoms with Gasteiger partial charge in [0.1, 0.15) is 5.75 Å². The van der Waals surface area contributed by atoms with Crippen LogP contribution >= 0.6 is 11.6 Å². The first-order valence-corrected chi connectivity index (χ1v) is 6.03. The van der Waals surface area contributed by atoms with Crippen molar-refractivity contribution in [2.75, 3.05) is 5.73 Å². The molecule has 3 aromatic rings. The van der Waals surface area contributed by atoms with Gasteiger partial charge in [0.15, 0.2) is 0 Å². The summed E-state index contributed by atoms with van der Waals surface area (Å²) in [5.41, 5.74) is 7.86. The maximum atomic E-state index is 9.57. The van der Waals surface area contributed by atoms with Gasteiger partial charge in [0.05, 0.1) is 11.2 Å². The van der Waals surface area contributed by atoms with E-state index < -0.39 is 0 Å². The van der Waals surface area contributed by atoms with Crippen molar-refractivity contribution in [1.29, 1.82) is 0 Å². The van der Waals surface area contributed by atoms with Gasteiger partial charge in [0.2, 0.25) is 5.95 Å². The van der Waals surface area contributed by atoms with Crippen LogP contribution in [0.4, 0.5) is 5.95 Å². The SMILES string of the molecule is Nc1nc(-c2cccc(O)c2)c2cc(Cl)ccc2n1. The number of aromatic nitrogens is 2. The number of hydrogen-bond donors (Lipinski definition) is 2. The van der Waals surface area contributed by atoms with E-state index >= 15 is 0 Å². The number of halogens is 1. The third kappa shape index (κ3) is 2.18. The number of fused-ring (bicyclic) bond motifs is 1. The standard InChI is InChI=1S/C14H10ClN3O/c15-9-4-5-12-11(7-9)13(18-14(16)17-12)8-2-1-3-10(19)6-8/h1-7,19H,(H2,16,17,18). The summed E-state index contributed by atoms with van der Waals surface area (Å²) in [4.78, 5) is 8.42. The van der Waals surface area contributed by atoms with E-state index in [9.17, 15) is 5.11 Å². The maximum Gasteiger partial charge on any atom is 0.221 e. The summed E-state index contributed by atoms with van der Waals surface area (Å²) in [5, 5.41) is 11.0. The molecule has 94 valence electrons. The summed E-state index contributed by atoms with van der Waals surface area (Å²) >= 11 is 6.01. The van der Waals surface area contributed by atoms with Gasteiger partial charge in [-0.3, -0.25) is 0 Å². The number of hydrogen-bond acceptors (Lipinski definition) is 4. The molecular weight excluding hydrogens is 262 g/mol. The van der Waals surface area contributed by atoms with E-state index in [2.05, 4.69) is 9.97 Å². The number of nitrogen functional groups attached to an aromatic ring is 1. The normalized spacial score (nSPS) is 10.8. The fourth-order valence-corrected chi connectivity index (χ4v) is 2.16. The van der Waals surface area contributed by atoms with Crippen LogP contribution in [0.25, 0.3) is 22.2 Å². The number of phenols is 1. The zero-order valence-corrected chi connectivity index (χ0v) is 10.6. The first kappa shape index (κ1) is 11.7. The second-order valence-corrected chi connectivity index (χ2v) is 4.58. The van der Waals surface area contributed by atoms with E-state index in [0.717, 1.165) is 16.5 Å². The number of nitrogens with zero attached hydrogens (tertiary/aromatic N) is 2. The van der Waals surface area contributed by atoms with E-state index in [1.165, 1.54) is 0 Å². The molecular formula is C14H10ClN3O. The third-order valence-electron chi connectivity index (χ3n) is 2.79. The van der Waals surface area contributed by atoms with Crippen LogP contribution < -0.4 is 5.73 Å². The van der Waals surface area contributed by atoms with Gasteiger partial charge in [-0.2, -0.15) is 0 Å². The van der Waals surface area contributed by atoms with E-state index in [1.807, 2.05) is 6.07 Å². The second kappa shape index (κ2) is 4.40. The highest BCUT2D eigenvalue weighted by atomic mass is 35.5. The number of rotatable bonds is 1. The van der Waals surface area contributed by atoms with Gasteiger partial charge in [0, 0.05) is 16.0 Å². The Morgan fingerprint density at radius 3 is 2.68 bits per heavy atom. The van der Waals surface area contributed by atoms with Gasteiger partial charge in [0.25, 0.3) is 0 Å². The quantitative estimate of drug-likeness (QED) is 0.713. The van der Waals surface area contributed by atoms with E-state index in [-0.39, 0.29) is 11.7 Å². The molecule has 5 heteroatoms. The molecule has 3 N–H and O–H groups in total. The lowest BCUT2D eigenvalue weighted by molar-refractivity contribution is 0.475. The fraction of sp³-hybridized carbons (Fsp3) is 0. The predicted octanol–water partition coefficient (Wildman–Crippen LogP) is 3.24. The van der Waals surface area contributed by atoms with Gasteiger partial charge in [-0.05, 0) is 30.3 Å². The lowest BCUT2D eigenvalue weighted by Gasteiger charge is -2.07. The Kier molecular flexibility index (Phi) is 2.72. The van der Waals surface area contributed by atoms with Crippen molar-refractivity contribution in [2.45, 2.75) is 0 Å². The summed E-state index contributed by atoms with van der Waals surface area (Å²) in [6, 6.07) is 12.2. The van der Waals surface area contributed by atoms with Crippen LogP contribution in [0.1, 0.15) is 0 Å². The highest BCUT2D eigenvalue weighted by Crippen LogP contribution is 2.30. The average molecular weight is 272 g/mol. The average Bonchev–Trinajstić information content (AvgIpc) is 2.38. The Labute approximate surface area is 114 Å². The maximum absolute atomic E-state index is 9.57. The Morgan fingerprint density at radius 2 is 1.89 bits per heavy atom. The smallest absolute Gasteiger partial charge is 0.221 e. The molecule has 4 nitrogen and oxygen atoms in total. The molecule has 0 spiro atoms. The second-order valence-electron chi connectivity index (χ2n) is 4.14. The lowest BCUT2D eigenvalue weighted by atomic mass is 10.1. The van der Waals surface area contributed by atoms with Gasteiger partial charge >= 0.3 is 0 Å². The Balaban J connectivity index is 2.36. The zero-order chi connectivity index (χ0) is 13.4. The molecule has 1 aromatic heterocycles. The number of anilines is 1. The van der Waals surface area contributed by atoms with Gasteiger partial charge in [-0.1, -0.05) is 23.7 Å². The van der Waals surface area contributed by atoms with Crippen molar-refractivity contribution in [2.24, 2.45) is 0 Å². The van der Waals surface area contributed by atoms with Crippen molar-refractivity contribution >= 4 is 28.5 Å². The topological polar surface area (TPSA) is 72.0 Å². The lowest BCUT2D eigenvalue weighted by Crippen LogP contribution is -1.98. The van der Waals surface area contributed by atoms with Crippen LogP contribution in [-0.2, 0) is 0 Å². The largest absolute Gasteiger partial charge is 0.508 e. The van der Waals surface area contributed by atoms with Gasteiger partial charge in [-0.15, -0.1) is 0 Å². The summed E-state index contributed by atoms with van der Waals surface area (Å²) in [6.45, 7) is 0. The van der Waals surface area contributed by atoms with Crippen molar-refractivity contribution in [3.05, 3.63) is 47.5 Å². The Hall–Kier alpha value is -2.33. The number of phenolic OH excluding ortho intramolecular Hbond substituents is 1. The van der Waals surface area contributed by atoms with Crippen LogP contribution in [0, 0.1) is 0 Å². The molecule has 0 saturated carbocycles. The molecule has 0 atom stereocenters. The molecule has 0 saturated heterocycles. The molecule has 0 fully saturated rings. The van der Waals surface area contributed by atoms with Crippen LogP contribution in [0.2, 0.25) is 5.02 Å². The monoisotopic (exact) mass is 271 g/mol. The van der Waals surface area contributed by atoms with Crippen molar-refractivity contribution < 1.29 is 5.11 Å². The Morgan fingerprint density at radius 1 is 1.05 bits per heavy atom. The summed E-state index contributed by atoms with van der Waals surface area (Å²) in [6.07, 6.45) is 0. The minimum atomic E-state index is 0.171. The van der Waals surface area contributed by atoms with E-state index in [1.54, 1.807) is 36.4 Å². The van der Waals surface area contributed by atoms with E-state index in [0.29, 0.717) is 10.7 Å². The summed E-state index contributed by atoms with van der Waals surface area (Å²) in [7, 11) is 0. The van der Waals surface area contributed by atoms with Crippen molar-refractivity contribution in [3.63, 3.8) is 0 Å². The predicted molar refractivity (Wildman–Crippen MR) is 76.1 cm³/mol. The highest BCUT2D eigenvalue weighted by Gasteiger charge is 2.09. The molecule has 19 heavy (non-hydrogen) atoms.